The second-order valence-electron chi connectivity index (χ2n) is 12.9. The normalized spacial score (nSPS) is 11.9. The smallest absolute Gasteiger partial charge is 0.137 e. The zero-order chi connectivity index (χ0) is 33.8. The Bertz CT molecular complexity index is 2760. The molecule has 5 nitrogen and oxygen atoms in total. The van der Waals surface area contributed by atoms with Crippen molar-refractivity contribution in [2.24, 2.45) is 0 Å². The molecular weight excluding hydrogens is 623 g/mol. The van der Waals surface area contributed by atoms with E-state index in [1.807, 2.05) is 30.7 Å². The van der Waals surface area contributed by atoms with Gasteiger partial charge in [-0.25, -0.2) is 9.97 Å². The maximum absolute atomic E-state index is 5.65. The van der Waals surface area contributed by atoms with Crippen LogP contribution in [0.25, 0.3) is 55.2 Å². The fourth-order valence-electron chi connectivity index (χ4n) is 8.08. The molecule has 0 unspecified atom stereocenters. The van der Waals surface area contributed by atoms with Crippen LogP contribution in [-0.4, -0.2) is 24.1 Å². The topological polar surface area (TPSA) is 48.5 Å². The molecule has 0 spiro atoms. The van der Waals surface area contributed by atoms with Crippen molar-refractivity contribution >= 4 is 43.6 Å². The third kappa shape index (κ3) is 4.38. The first-order valence-electron chi connectivity index (χ1n) is 17.2. The largest absolute Gasteiger partial charge is 0.294 e. The number of benzene rings is 5. The van der Waals surface area contributed by atoms with Crippen molar-refractivity contribution in [2.45, 2.75) is 5.41 Å². The Labute approximate surface area is 294 Å². The summed E-state index contributed by atoms with van der Waals surface area (Å²) >= 11 is 0. The Hall–Kier alpha value is -6.85. The van der Waals surface area contributed by atoms with Gasteiger partial charge in [0.15, 0.2) is 0 Å². The van der Waals surface area contributed by atoms with Gasteiger partial charge in [0.25, 0.3) is 0 Å². The summed E-state index contributed by atoms with van der Waals surface area (Å²) in [6, 6.07) is 60.2. The van der Waals surface area contributed by atoms with E-state index in [1.54, 1.807) is 0 Å². The van der Waals surface area contributed by atoms with E-state index in [9.17, 15) is 0 Å². The molecule has 5 aromatic carbocycles. The molecule has 0 aliphatic heterocycles. The SMILES string of the molecule is c1ccc(C(c2ccccc2)(c2ccc3c4ccncc4n(-c4ccccn4)c3c2)c2cccc(-n3c4ccccc4c4ccccc43)n2)cc1. The van der Waals surface area contributed by atoms with Gasteiger partial charge in [0, 0.05) is 33.9 Å². The second-order valence-corrected chi connectivity index (χ2v) is 12.9. The monoisotopic (exact) mass is 653 g/mol. The minimum atomic E-state index is -0.769. The van der Waals surface area contributed by atoms with Crippen LogP contribution in [0, 0.1) is 0 Å². The van der Waals surface area contributed by atoms with Crippen molar-refractivity contribution in [1.82, 2.24) is 24.1 Å². The molecule has 0 amide bonds. The van der Waals surface area contributed by atoms with Gasteiger partial charge in [0.1, 0.15) is 11.6 Å². The Morgan fingerprint density at radius 1 is 0.392 bits per heavy atom. The molecule has 0 aliphatic rings. The van der Waals surface area contributed by atoms with Crippen LogP contribution < -0.4 is 0 Å². The quantitative estimate of drug-likeness (QED) is 0.168. The number of hydrogen-bond donors (Lipinski definition) is 0. The minimum absolute atomic E-state index is 0.769. The molecule has 5 aromatic heterocycles. The van der Waals surface area contributed by atoms with Crippen LogP contribution in [0.2, 0.25) is 0 Å². The number of fused-ring (bicyclic) bond motifs is 6. The fourth-order valence-corrected chi connectivity index (χ4v) is 8.08. The van der Waals surface area contributed by atoms with Crippen molar-refractivity contribution in [3.05, 3.63) is 211 Å². The minimum Gasteiger partial charge on any atom is -0.294 e. The van der Waals surface area contributed by atoms with Crippen LogP contribution in [-0.2, 0) is 5.41 Å². The zero-order valence-electron chi connectivity index (χ0n) is 27.6. The van der Waals surface area contributed by atoms with Gasteiger partial charge >= 0.3 is 0 Å². The number of aromatic nitrogens is 5. The molecule has 0 N–H and O–H groups in total. The van der Waals surface area contributed by atoms with E-state index >= 15 is 0 Å². The molecule has 0 atom stereocenters. The first kappa shape index (κ1) is 29.1. The lowest BCUT2D eigenvalue weighted by molar-refractivity contribution is 0.711. The molecule has 5 heterocycles. The van der Waals surface area contributed by atoms with Gasteiger partial charge < -0.3 is 0 Å². The standard InChI is InChI=1S/C46H31N5/c1-3-14-32(15-4-1)46(33-16-5-2-6-17-33,34-25-26-37-38-27-29-47-31-42(38)51(41(37)30-34)44-23-11-12-28-48-44)43-22-13-24-45(49-43)50-39-20-9-7-18-35(39)36-19-8-10-21-40(36)50/h1-31H. The van der Waals surface area contributed by atoms with Crippen molar-refractivity contribution in [1.29, 1.82) is 0 Å². The fraction of sp³-hybridized carbons (Fsp3) is 0.0217. The highest BCUT2D eigenvalue weighted by atomic mass is 15.1. The predicted octanol–water partition coefficient (Wildman–Crippen LogP) is 10.4. The lowest BCUT2D eigenvalue weighted by Gasteiger charge is -2.36. The van der Waals surface area contributed by atoms with Gasteiger partial charge in [-0.05, 0) is 65.2 Å². The Kier molecular flexibility index (Phi) is 6.64. The Balaban J connectivity index is 1.32. The van der Waals surface area contributed by atoms with Crippen LogP contribution in [0.5, 0.6) is 0 Å². The Morgan fingerprint density at radius 3 is 1.67 bits per heavy atom. The van der Waals surface area contributed by atoms with Crippen molar-refractivity contribution < 1.29 is 0 Å². The molecule has 51 heavy (non-hydrogen) atoms. The van der Waals surface area contributed by atoms with Gasteiger partial charge in [-0.2, -0.15) is 0 Å². The predicted molar refractivity (Wildman–Crippen MR) is 207 cm³/mol. The van der Waals surface area contributed by atoms with Crippen LogP contribution in [0.15, 0.2) is 188 Å². The summed E-state index contributed by atoms with van der Waals surface area (Å²) in [5, 5.41) is 4.69. The van der Waals surface area contributed by atoms with Crippen LogP contribution >= 0.6 is 0 Å². The second kappa shape index (κ2) is 11.6. The average molecular weight is 654 g/mol. The summed E-state index contributed by atoms with van der Waals surface area (Å²) in [6.07, 6.45) is 5.64. The summed E-state index contributed by atoms with van der Waals surface area (Å²) in [5.74, 6) is 1.72. The molecule has 240 valence electrons. The molecule has 0 saturated heterocycles. The number of rotatable bonds is 6. The van der Waals surface area contributed by atoms with Gasteiger partial charge in [-0.1, -0.05) is 121 Å². The molecule has 0 radical (unpaired) electrons. The lowest BCUT2D eigenvalue weighted by Crippen LogP contribution is -2.32. The third-order valence-corrected chi connectivity index (χ3v) is 10.2. The molecule has 0 fully saturated rings. The van der Waals surface area contributed by atoms with E-state index in [4.69, 9.17) is 9.97 Å². The third-order valence-electron chi connectivity index (χ3n) is 10.2. The molecule has 0 saturated carbocycles. The summed E-state index contributed by atoms with van der Waals surface area (Å²) in [4.78, 5) is 15.0. The average Bonchev–Trinajstić information content (AvgIpc) is 3.72. The van der Waals surface area contributed by atoms with Crippen molar-refractivity contribution in [3.8, 4) is 11.6 Å². The van der Waals surface area contributed by atoms with Crippen LogP contribution in [0.1, 0.15) is 22.4 Å². The maximum Gasteiger partial charge on any atom is 0.137 e. The number of hydrogen-bond acceptors (Lipinski definition) is 3. The summed E-state index contributed by atoms with van der Waals surface area (Å²) in [6.45, 7) is 0. The van der Waals surface area contributed by atoms with Gasteiger partial charge in [0.05, 0.1) is 39.4 Å². The molecule has 0 bridgehead atoms. The molecule has 10 aromatic rings. The highest BCUT2D eigenvalue weighted by molar-refractivity contribution is 6.10. The summed E-state index contributed by atoms with van der Waals surface area (Å²) in [5.41, 5.74) is 7.85. The molecule has 10 rings (SSSR count). The van der Waals surface area contributed by atoms with Crippen molar-refractivity contribution in [2.75, 3.05) is 0 Å². The first-order valence-corrected chi connectivity index (χ1v) is 17.2. The van der Waals surface area contributed by atoms with Crippen molar-refractivity contribution in [3.63, 3.8) is 0 Å². The number of para-hydroxylation sites is 2. The van der Waals surface area contributed by atoms with Gasteiger partial charge in [-0.3, -0.25) is 14.1 Å². The molecule has 0 aliphatic carbocycles. The highest BCUT2D eigenvalue weighted by Gasteiger charge is 2.40. The van der Waals surface area contributed by atoms with E-state index in [2.05, 4.69) is 172 Å². The Morgan fingerprint density at radius 2 is 0.980 bits per heavy atom. The highest BCUT2D eigenvalue weighted by Crippen LogP contribution is 2.46. The van der Waals surface area contributed by atoms with E-state index in [0.717, 1.165) is 66.9 Å². The van der Waals surface area contributed by atoms with Gasteiger partial charge in [-0.15, -0.1) is 0 Å². The van der Waals surface area contributed by atoms with E-state index in [1.165, 1.54) is 10.8 Å². The van der Waals surface area contributed by atoms with E-state index in [0.29, 0.717) is 0 Å². The molecular formula is C46H31N5. The van der Waals surface area contributed by atoms with E-state index < -0.39 is 5.41 Å². The lowest BCUT2D eigenvalue weighted by atomic mass is 9.67. The number of nitrogens with zero attached hydrogens (tertiary/aromatic N) is 5. The zero-order valence-corrected chi connectivity index (χ0v) is 27.6. The first-order chi connectivity index (χ1) is 25.3. The number of pyridine rings is 3. The maximum atomic E-state index is 5.65. The van der Waals surface area contributed by atoms with Crippen LogP contribution in [0.4, 0.5) is 0 Å². The van der Waals surface area contributed by atoms with Crippen LogP contribution in [0.3, 0.4) is 0 Å². The summed E-state index contributed by atoms with van der Waals surface area (Å²) in [7, 11) is 0. The van der Waals surface area contributed by atoms with E-state index in [-0.39, 0.29) is 0 Å². The molecule has 5 heteroatoms. The summed E-state index contributed by atoms with van der Waals surface area (Å²) < 4.78 is 4.52. The van der Waals surface area contributed by atoms with Gasteiger partial charge in [0.2, 0.25) is 0 Å².